The molecule has 0 aromatic carbocycles. The van der Waals surface area contributed by atoms with E-state index in [1.807, 2.05) is 0 Å². The van der Waals surface area contributed by atoms with Gasteiger partial charge in [0.25, 0.3) is 11.5 Å². The topological polar surface area (TPSA) is 106 Å². The van der Waals surface area contributed by atoms with Gasteiger partial charge in [-0.1, -0.05) is 0 Å². The summed E-state index contributed by atoms with van der Waals surface area (Å²) in [7, 11) is 0. The average Bonchev–Trinajstić information content (AvgIpc) is 3.11. The number of rotatable bonds is 6. The van der Waals surface area contributed by atoms with Crippen molar-refractivity contribution in [2.45, 2.75) is 25.3 Å². The average molecular weight is 339 g/mol. The summed E-state index contributed by atoms with van der Waals surface area (Å²) in [6, 6.07) is 6.74. The smallest absolute Gasteiger partial charge is 0.271 e. The van der Waals surface area contributed by atoms with Crippen molar-refractivity contribution in [1.29, 1.82) is 0 Å². The van der Waals surface area contributed by atoms with E-state index < -0.39 is 0 Å². The highest BCUT2D eigenvalue weighted by Gasteiger charge is 2.25. The van der Waals surface area contributed by atoms with Crippen LogP contribution in [0.2, 0.25) is 0 Å². The minimum atomic E-state index is -0.315. The number of nitrogens with zero attached hydrogens (tertiary/aromatic N) is 3. The van der Waals surface area contributed by atoms with E-state index in [2.05, 4.69) is 20.5 Å². The number of H-pyrrole nitrogens is 1. The molecule has 2 N–H and O–H groups in total. The van der Waals surface area contributed by atoms with Crippen LogP contribution < -0.4 is 10.9 Å². The zero-order valence-electron chi connectivity index (χ0n) is 13.4. The van der Waals surface area contributed by atoms with Crippen molar-refractivity contribution < 1.29 is 9.21 Å². The number of carbonyl (C=O) groups is 1. The Kier molecular flexibility index (Phi) is 3.93. The number of amides is 1. The number of hydrogen-bond donors (Lipinski definition) is 2. The number of carbonyl (C=O) groups excluding carboxylic acids is 1. The maximum atomic E-state index is 12.1. The number of furan rings is 1. The van der Waals surface area contributed by atoms with Gasteiger partial charge in [0, 0.05) is 31.1 Å². The van der Waals surface area contributed by atoms with Crippen molar-refractivity contribution in [1.82, 2.24) is 25.1 Å². The molecule has 1 saturated carbocycles. The number of aromatic amines is 1. The van der Waals surface area contributed by atoms with E-state index in [0.29, 0.717) is 30.5 Å². The summed E-state index contributed by atoms with van der Waals surface area (Å²) in [5.41, 5.74) is 1.67. The Balaban J connectivity index is 1.34. The lowest BCUT2D eigenvalue weighted by Crippen LogP contribution is -2.31. The summed E-state index contributed by atoms with van der Waals surface area (Å²) in [6.45, 7) is 0.671. The van der Waals surface area contributed by atoms with E-state index in [0.717, 1.165) is 18.5 Å². The van der Waals surface area contributed by atoms with E-state index >= 15 is 0 Å². The number of hydrogen-bond acceptors (Lipinski definition) is 5. The zero-order valence-corrected chi connectivity index (χ0v) is 13.4. The monoisotopic (exact) mass is 339 g/mol. The molecule has 3 heterocycles. The second kappa shape index (κ2) is 6.39. The molecule has 25 heavy (non-hydrogen) atoms. The molecule has 1 fully saturated rings. The SMILES string of the molecule is O=C(NCCn1cnc(C2CC2)cc1=O)c1cc(-c2ccco2)[nH]n1. The molecule has 0 unspecified atom stereocenters. The fraction of sp³-hybridized carbons (Fsp3) is 0.294. The highest BCUT2D eigenvalue weighted by Crippen LogP contribution is 2.38. The van der Waals surface area contributed by atoms with Crippen LogP contribution in [0.3, 0.4) is 0 Å². The summed E-state index contributed by atoms with van der Waals surface area (Å²) in [4.78, 5) is 28.5. The van der Waals surface area contributed by atoms with Gasteiger partial charge >= 0.3 is 0 Å². The van der Waals surface area contributed by atoms with Crippen LogP contribution in [0.1, 0.15) is 34.9 Å². The lowest BCUT2D eigenvalue weighted by molar-refractivity contribution is 0.0947. The molecule has 1 aliphatic rings. The molecule has 0 spiro atoms. The molecule has 1 amide bonds. The molecule has 8 nitrogen and oxygen atoms in total. The second-order valence-corrected chi connectivity index (χ2v) is 6.02. The van der Waals surface area contributed by atoms with Crippen molar-refractivity contribution in [3.63, 3.8) is 0 Å². The van der Waals surface area contributed by atoms with E-state index in [-0.39, 0.29) is 17.2 Å². The first kappa shape index (κ1) is 15.4. The molecule has 0 atom stereocenters. The van der Waals surface area contributed by atoms with Gasteiger partial charge in [0.15, 0.2) is 11.5 Å². The molecule has 3 aromatic heterocycles. The van der Waals surface area contributed by atoms with Gasteiger partial charge in [-0.15, -0.1) is 0 Å². The maximum absolute atomic E-state index is 12.1. The molecule has 128 valence electrons. The van der Waals surface area contributed by atoms with Crippen LogP contribution in [0.5, 0.6) is 0 Å². The number of aromatic nitrogens is 4. The lowest BCUT2D eigenvalue weighted by atomic mass is 10.3. The third-order valence-electron chi connectivity index (χ3n) is 4.13. The van der Waals surface area contributed by atoms with Crippen LogP contribution in [0.4, 0.5) is 0 Å². The Morgan fingerprint density at radius 3 is 3.00 bits per heavy atom. The lowest BCUT2D eigenvalue weighted by Gasteiger charge is -2.07. The van der Waals surface area contributed by atoms with Crippen LogP contribution in [0.15, 0.2) is 46.1 Å². The third-order valence-corrected chi connectivity index (χ3v) is 4.13. The summed E-state index contributed by atoms with van der Waals surface area (Å²) in [6.07, 6.45) is 5.31. The van der Waals surface area contributed by atoms with Crippen molar-refractivity contribution in [3.05, 3.63) is 58.6 Å². The zero-order chi connectivity index (χ0) is 17.2. The number of nitrogens with one attached hydrogen (secondary N) is 2. The molecule has 0 bridgehead atoms. The Hall–Kier alpha value is -3.16. The fourth-order valence-electron chi connectivity index (χ4n) is 2.59. The summed E-state index contributed by atoms with van der Waals surface area (Å²) >= 11 is 0. The first-order chi connectivity index (χ1) is 12.2. The van der Waals surface area contributed by atoms with Gasteiger partial charge in [0.1, 0.15) is 5.69 Å². The molecule has 3 aromatic rings. The van der Waals surface area contributed by atoms with E-state index in [1.54, 1.807) is 36.9 Å². The van der Waals surface area contributed by atoms with E-state index in [4.69, 9.17) is 4.42 Å². The van der Waals surface area contributed by atoms with E-state index in [1.165, 1.54) is 4.57 Å². The molecule has 0 aliphatic heterocycles. The fourth-order valence-corrected chi connectivity index (χ4v) is 2.59. The molecule has 0 saturated heterocycles. The van der Waals surface area contributed by atoms with Gasteiger partial charge in [-0.05, 0) is 25.0 Å². The van der Waals surface area contributed by atoms with Crippen LogP contribution in [-0.4, -0.2) is 32.2 Å². The summed E-state index contributed by atoms with van der Waals surface area (Å²) in [5, 5.41) is 9.48. The molecular formula is C17H17N5O3. The van der Waals surface area contributed by atoms with Crippen molar-refractivity contribution in [3.8, 4) is 11.5 Å². The third kappa shape index (κ3) is 3.37. The molecule has 4 rings (SSSR count). The molecule has 1 aliphatic carbocycles. The van der Waals surface area contributed by atoms with Crippen LogP contribution in [0, 0.1) is 0 Å². The van der Waals surface area contributed by atoms with E-state index in [9.17, 15) is 9.59 Å². The molecule has 0 radical (unpaired) electrons. The second-order valence-electron chi connectivity index (χ2n) is 6.02. The van der Waals surface area contributed by atoms with Gasteiger partial charge in [0.2, 0.25) is 0 Å². The molecule has 8 heteroatoms. The highest BCUT2D eigenvalue weighted by atomic mass is 16.3. The predicted molar refractivity (Wildman–Crippen MR) is 89.1 cm³/mol. The minimum absolute atomic E-state index is 0.0916. The van der Waals surface area contributed by atoms with Crippen molar-refractivity contribution in [2.24, 2.45) is 0 Å². The highest BCUT2D eigenvalue weighted by molar-refractivity contribution is 5.93. The summed E-state index contributed by atoms with van der Waals surface area (Å²) in [5.74, 6) is 0.745. The van der Waals surface area contributed by atoms with Crippen LogP contribution in [-0.2, 0) is 6.54 Å². The van der Waals surface area contributed by atoms with Gasteiger partial charge in [-0.3, -0.25) is 19.3 Å². The Bertz CT molecular complexity index is 937. The molecular weight excluding hydrogens is 322 g/mol. The first-order valence-corrected chi connectivity index (χ1v) is 8.14. The maximum Gasteiger partial charge on any atom is 0.271 e. The minimum Gasteiger partial charge on any atom is -0.463 e. The van der Waals surface area contributed by atoms with Crippen molar-refractivity contribution >= 4 is 5.91 Å². The Morgan fingerprint density at radius 1 is 1.40 bits per heavy atom. The first-order valence-electron chi connectivity index (χ1n) is 8.14. The Morgan fingerprint density at radius 2 is 2.28 bits per heavy atom. The van der Waals surface area contributed by atoms with Gasteiger partial charge in [-0.2, -0.15) is 5.10 Å². The quantitative estimate of drug-likeness (QED) is 0.708. The van der Waals surface area contributed by atoms with Crippen molar-refractivity contribution in [2.75, 3.05) is 6.54 Å². The van der Waals surface area contributed by atoms with Gasteiger partial charge < -0.3 is 9.73 Å². The summed E-state index contributed by atoms with van der Waals surface area (Å²) < 4.78 is 6.74. The largest absolute Gasteiger partial charge is 0.463 e. The van der Waals surface area contributed by atoms with Crippen LogP contribution >= 0.6 is 0 Å². The van der Waals surface area contributed by atoms with Gasteiger partial charge in [-0.25, -0.2) is 4.98 Å². The predicted octanol–water partition coefficient (Wildman–Crippen LogP) is 1.53. The Labute approximate surface area is 142 Å². The standard InChI is InChI=1S/C17H17N5O3/c23-16-9-12(11-3-4-11)19-10-22(16)6-5-18-17(24)14-8-13(20-21-14)15-2-1-7-25-15/h1-2,7-11H,3-6H2,(H,18,24)(H,20,21). The van der Waals surface area contributed by atoms with Gasteiger partial charge in [0.05, 0.1) is 18.3 Å². The van der Waals surface area contributed by atoms with Crippen LogP contribution in [0.25, 0.3) is 11.5 Å². The normalized spacial score (nSPS) is 13.8.